The van der Waals surface area contributed by atoms with E-state index in [1.807, 2.05) is 30.3 Å². The highest BCUT2D eigenvalue weighted by Gasteiger charge is 2.44. The molecule has 0 radical (unpaired) electrons. The number of carbonyl (C=O) groups excluding carboxylic acids is 2. The Hall–Kier alpha value is -2.61. The molecule has 8 heteroatoms. The van der Waals surface area contributed by atoms with Crippen molar-refractivity contribution in [3.05, 3.63) is 30.3 Å². The zero-order valence-corrected chi connectivity index (χ0v) is 14.7. The number of carbonyl (C=O) groups is 3. The minimum atomic E-state index is -1.24. The third kappa shape index (κ3) is 3.65. The van der Waals surface area contributed by atoms with E-state index in [9.17, 15) is 14.4 Å². The lowest BCUT2D eigenvalue weighted by molar-refractivity contribution is -0.141. The average Bonchev–Trinajstić information content (AvgIpc) is 3.05. The van der Waals surface area contributed by atoms with Gasteiger partial charge >= 0.3 is 6.09 Å². The summed E-state index contributed by atoms with van der Waals surface area (Å²) in [4.78, 5) is 40.2. The summed E-state index contributed by atoms with van der Waals surface area (Å²) >= 11 is 0. The van der Waals surface area contributed by atoms with E-state index in [2.05, 4.69) is 10.6 Å². The van der Waals surface area contributed by atoms with Crippen LogP contribution in [0.15, 0.2) is 30.3 Å². The highest BCUT2D eigenvalue weighted by Crippen LogP contribution is 2.30. The number of rotatable bonds is 3. The summed E-state index contributed by atoms with van der Waals surface area (Å²) in [5, 5.41) is 14.4. The molecule has 3 N–H and O–H groups in total. The smallest absolute Gasteiger partial charge is 0.405 e. The molecule has 0 bridgehead atoms. The van der Waals surface area contributed by atoms with E-state index in [1.54, 1.807) is 16.8 Å². The predicted octanol–water partition coefficient (Wildman–Crippen LogP) is 0.639. The Labute approximate surface area is 152 Å². The summed E-state index contributed by atoms with van der Waals surface area (Å²) in [6.07, 6.45) is 0.841. The Morgan fingerprint density at radius 2 is 1.96 bits per heavy atom. The lowest BCUT2D eigenvalue weighted by atomic mass is 10.1. The molecule has 2 aliphatic heterocycles. The molecule has 0 spiro atoms. The van der Waals surface area contributed by atoms with Gasteiger partial charge in [0.15, 0.2) is 0 Å². The van der Waals surface area contributed by atoms with Crippen molar-refractivity contribution >= 4 is 23.6 Å². The lowest BCUT2D eigenvalue weighted by Gasteiger charge is -2.36. The van der Waals surface area contributed by atoms with Gasteiger partial charge in [-0.15, -0.1) is 0 Å². The van der Waals surface area contributed by atoms with E-state index < -0.39 is 18.2 Å². The zero-order valence-electron chi connectivity index (χ0n) is 14.7. The second-order valence-electron chi connectivity index (χ2n) is 6.72. The van der Waals surface area contributed by atoms with E-state index in [-0.39, 0.29) is 24.4 Å². The van der Waals surface area contributed by atoms with Crippen molar-refractivity contribution < 1.29 is 19.5 Å². The molecule has 2 saturated heterocycles. The van der Waals surface area contributed by atoms with Crippen molar-refractivity contribution in [2.24, 2.45) is 0 Å². The minimum absolute atomic E-state index is 0.0495. The normalized spacial score (nSPS) is 25.8. The highest BCUT2D eigenvalue weighted by atomic mass is 16.4. The topological polar surface area (TPSA) is 102 Å². The number of nitrogens with one attached hydrogen (secondary N) is 2. The first-order valence-corrected chi connectivity index (χ1v) is 8.84. The van der Waals surface area contributed by atoms with Gasteiger partial charge in [-0.05, 0) is 37.9 Å². The van der Waals surface area contributed by atoms with Crippen molar-refractivity contribution in [2.45, 2.75) is 37.4 Å². The molecule has 1 aromatic rings. The highest BCUT2D eigenvalue weighted by molar-refractivity contribution is 6.00. The number of amides is 3. The van der Waals surface area contributed by atoms with E-state index in [0.717, 1.165) is 18.5 Å². The maximum absolute atomic E-state index is 13.1. The number of nitrogens with zero attached hydrogens (tertiary/aromatic N) is 2. The van der Waals surface area contributed by atoms with Gasteiger partial charge in [-0.25, -0.2) is 4.79 Å². The van der Waals surface area contributed by atoms with Crippen molar-refractivity contribution in [3.8, 4) is 0 Å². The van der Waals surface area contributed by atoms with Crippen molar-refractivity contribution in [2.75, 3.05) is 25.0 Å². The molecule has 0 aliphatic carbocycles. The fourth-order valence-electron chi connectivity index (χ4n) is 3.79. The van der Waals surface area contributed by atoms with E-state index in [1.165, 1.54) is 0 Å². The molecule has 1 aromatic carbocycles. The maximum Gasteiger partial charge on any atom is 0.405 e. The summed E-state index contributed by atoms with van der Waals surface area (Å²) in [5.41, 5.74) is 0.766. The van der Waals surface area contributed by atoms with Crippen LogP contribution in [-0.4, -0.2) is 66.2 Å². The largest absolute Gasteiger partial charge is 0.465 e. The van der Waals surface area contributed by atoms with E-state index >= 15 is 0 Å². The summed E-state index contributed by atoms with van der Waals surface area (Å²) in [6.45, 7) is 0.908. The molecular formula is C18H24N4O4. The molecule has 0 aromatic heterocycles. The molecule has 0 saturated carbocycles. The van der Waals surface area contributed by atoms with Gasteiger partial charge in [-0.1, -0.05) is 18.2 Å². The number of anilines is 1. The molecule has 140 valence electrons. The molecule has 2 aliphatic rings. The zero-order chi connectivity index (χ0) is 18.7. The van der Waals surface area contributed by atoms with Gasteiger partial charge < -0.3 is 25.5 Å². The molecule has 8 nitrogen and oxygen atoms in total. The summed E-state index contributed by atoms with van der Waals surface area (Å²) in [7, 11) is 1.70. The average molecular weight is 360 g/mol. The van der Waals surface area contributed by atoms with Crippen LogP contribution in [0.25, 0.3) is 0 Å². The second-order valence-corrected chi connectivity index (χ2v) is 6.72. The lowest BCUT2D eigenvalue weighted by Crippen LogP contribution is -2.60. The summed E-state index contributed by atoms with van der Waals surface area (Å²) < 4.78 is 0. The first-order chi connectivity index (χ1) is 12.5. The van der Waals surface area contributed by atoms with Gasteiger partial charge in [0.05, 0.1) is 0 Å². The Bertz CT molecular complexity index is 681. The minimum Gasteiger partial charge on any atom is -0.465 e. The van der Waals surface area contributed by atoms with Crippen LogP contribution in [-0.2, 0) is 9.59 Å². The van der Waals surface area contributed by atoms with Crippen LogP contribution in [0.5, 0.6) is 0 Å². The monoisotopic (exact) mass is 360 g/mol. The van der Waals surface area contributed by atoms with Crippen LogP contribution in [0.2, 0.25) is 0 Å². The standard InChI is InChI=1S/C18H24N4O4/c1-21(12-5-3-2-4-6-12)17(24)15-8-7-13-9-10-19-11-14(20-18(25)26)16(23)22(13)15/h2-6,13-15,19-20H,7-11H2,1H3,(H,25,26)/t13-,14+,15+/m1/s1. The predicted molar refractivity (Wildman–Crippen MR) is 95.9 cm³/mol. The first kappa shape index (κ1) is 18.2. The summed E-state index contributed by atoms with van der Waals surface area (Å²) in [6, 6.07) is 7.79. The van der Waals surface area contributed by atoms with Crippen LogP contribution in [0.4, 0.5) is 10.5 Å². The van der Waals surface area contributed by atoms with Crippen LogP contribution in [0, 0.1) is 0 Å². The Morgan fingerprint density at radius 1 is 1.23 bits per heavy atom. The molecule has 0 unspecified atom stereocenters. The van der Waals surface area contributed by atoms with Gasteiger partial charge in [-0.3, -0.25) is 9.59 Å². The fraction of sp³-hybridized carbons (Fsp3) is 0.500. The van der Waals surface area contributed by atoms with Gasteiger partial charge in [-0.2, -0.15) is 0 Å². The van der Waals surface area contributed by atoms with Crippen LogP contribution < -0.4 is 15.5 Å². The SMILES string of the molecule is CN(C(=O)[C@@H]1CC[C@@H]2CCNC[C@H](NC(=O)O)C(=O)N21)c1ccccc1. The molecule has 2 heterocycles. The molecule has 3 atom stereocenters. The third-order valence-electron chi connectivity index (χ3n) is 5.11. The van der Waals surface area contributed by atoms with Crippen molar-refractivity contribution in [3.63, 3.8) is 0 Å². The van der Waals surface area contributed by atoms with E-state index in [0.29, 0.717) is 13.0 Å². The van der Waals surface area contributed by atoms with Crippen LogP contribution in [0.1, 0.15) is 19.3 Å². The van der Waals surface area contributed by atoms with Gasteiger partial charge in [0.1, 0.15) is 12.1 Å². The van der Waals surface area contributed by atoms with Gasteiger partial charge in [0, 0.05) is 25.3 Å². The van der Waals surface area contributed by atoms with Gasteiger partial charge in [0.25, 0.3) is 0 Å². The number of likely N-dealkylation sites (N-methyl/N-ethyl adjacent to an activating group) is 1. The van der Waals surface area contributed by atoms with E-state index in [4.69, 9.17) is 5.11 Å². The van der Waals surface area contributed by atoms with Crippen LogP contribution in [0.3, 0.4) is 0 Å². The quantitative estimate of drug-likeness (QED) is 0.734. The second kappa shape index (κ2) is 7.74. The number of hydrogen-bond donors (Lipinski definition) is 3. The number of carboxylic acid groups (broad SMARTS) is 1. The fourth-order valence-corrected chi connectivity index (χ4v) is 3.79. The first-order valence-electron chi connectivity index (χ1n) is 8.84. The third-order valence-corrected chi connectivity index (χ3v) is 5.11. The number of fused-ring (bicyclic) bond motifs is 1. The molecule has 2 fully saturated rings. The molecule has 26 heavy (non-hydrogen) atoms. The summed E-state index contributed by atoms with van der Waals surface area (Å²) in [5.74, 6) is -0.475. The van der Waals surface area contributed by atoms with Crippen LogP contribution >= 0.6 is 0 Å². The Kier molecular flexibility index (Phi) is 5.41. The number of benzene rings is 1. The van der Waals surface area contributed by atoms with Crippen molar-refractivity contribution in [1.82, 2.24) is 15.5 Å². The van der Waals surface area contributed by atoms with Gasteiger partial charge in [0.2, 0.25) is 11.8 Å². The maximum atomic E-state index is 13.1. The molecule has 3 rings (SSSR count). The Morgan fingerprint density at radius 3 is 2.65 bits per heavy atom. The van der Waals surface area contributed by atoms with Crippen molar-refractivity contribution in [1.29, 1.82) is 0 Å². The number of hydrogen-bond acceptors (Lipinski definition) is 4. The molecular weight excluding hydrogens is 336 g/mol. The molecule has 3 amide bonds. The Balaban J connectivity index is 1.82. The number of para-hydroxylation sites is 1.